The Morgan fingerprint density at radius 3 is 2.56 bits per heavy atom. The summed E-state index contributed by atoms with van der Waals surface area (Å²) in [5.41, 5.74) is 3.90. The van der Waals surface area contributed by atoms with Crippen LogP contribution < -0.4 is 11.3 Å². The van der Waals surface area contributed by atoms with Crippen LogP contribution in [0.3, 0.4) is 0 Å². The van der Waals surface area contributed by atoms with Gasteiger partial charge in [-0.25, -0.2) is 5.43 Å². The van der Waals surface area contributed by atoms with Crippen molar-refractivity contribution in [3.05, 3.63) is 59.0 Å². The molecule has 1 heterocycles. The Morgan fingerprint density at radius 2 is 2.00 bits per heavy atom. The van der Waals surface area contributed by atoms with Gasteiger partial charge in [0.25, 0.3) is 0 Å². The quantitative estimate of drug-likeness (QED) is 0.634. The van der Waals surface area contributed by atoms with Crippen LogP contribution in [0, 0.1) is 0 Å². The maximum absolute atomic E-state index is 5.82. The van der Waals surface area contributed by atoms with Gasteiger partial charge in [0.05, 0.1) is 12.3 Å². The van der Waals surface area contributed by atoms with Crippen LogP contribution in [0.4, 0.5) is 0 Å². The molecule has 2 aromatic rings. The standard InChI is InChI=1S/C12H13ClN2O/c13-10-5-3-9(4-6-10)8-11(15-14)12-2-1-7-16-12/h1-7,11,15H,8,14H2. The van der Waals surface area contributed by atoms with Crippen molar-refractivity contribution < 1.29 is 4.42 Å². The van der Waals surface area contributed by atoms with Crippen molar-refractivity contribution in [2.45, 2.75) is 12.5 Å². The molecule has 0 amide bonds. The molecular weight excluding hydrogens is 224 g/mol. The SMILES string of the molecule is NNC(Cc1ccc(Cl)cc1)c1ccco1. The van der Waals surface area contributed by atoms with E-state index in [2.05, 4.69) is 5.43 Å². The molecule has 3 N–H and O–H groups in total. The molecule has 1 aromatic carbocycles. The molecule has 1 atom stereocenters. The fourth-order valence-corrected chi connectivity index (χ4v) is 1.71. The zero-order valence-corrected chi connectivity index (χ0v) is 9.45. The first kappa shape index (κ1) is 11.2. The number of nitrogens with two attached hydrogens (primary N) is 1. The van der Waals surface area contributed by atoms with Gasteiger partial charge in [-0.15, -0.1) is 0 Å². The van der Waals surface area contributed by atoms with Crippen LogP contribution in [0.25, 0.3) is 0 Å². The van der Waals surface area contributed by atoms with Gasteiger partial charge in [0.1, 0.15) is 5.76 Å². The van der Waals surface area contributed by atoms with Crippen molar-refractivity contribution in [1.29, 1.82) is 0 Å². The van der Waals surface area contributed by atoms with Crippen molar-refractivity contribution >= 4 is 11.6 Å². The van der Waals surface area contributed by atoms with E-state index in [0.717, 1.165) is 22.8 Å². The highest BCUT2D eigenvalue weighted by Crippen LogP contribution is 2.19. The highest BCUT2D eigenvalue weighted by atomic mass is 35.5. The Kier molecular flexibility index (Phi) is 3.62. The van der Waals surface area contributed by atoms with E-state index in [-0.39, 0.29) is 6.04 Å². The Hall–Kier alpha value is -1.29. The molecule has 0 aliphatic heterocycles. The Labute approximate surface area is 99.2 Å². The second-order valence-electron chi connectivity index (χ2n) is 3.57. The Morgan fingerprint density at radius 1 is 1.25 bits per heavy atom. The summed E-state index contributed by atoms with van der Waals surface area (Å²) < 4.78 is 5.31. The summed E-state index contributed by atoms with van der Waals surface area (Å²) in [4.78, 5) is 0. The number of halogens is 1. The van der Waals surface area contributed by atoms with Crippen LogP contribution in [0.2, 0.25) is 5.02 Å². The average molecular weight is 237 g/mol. The van der Waals surface area contributed by atoms with Crippen molar-refractivity contribution in [3.8, 4) is 0 Å². The first-order valence-electron chi connectivity index (χ1n) is 5.03. The lowest BCUT2D eigenvalue weighted by atomic mass is 10.0. The number of furan rings is 1. The molecule has 16 heavy (non-hydrogen) atoms. The summed E-state index contributed by atoms with van der Waals surface area (Å²) >= 11 is 5.82. The minimum Gasteiger partial charge on any atom is -0.468 e. The van der Waals surface area contributed by atoms with Gasteiger partial charge in [-0.3, -0.25) is 5.84 Å². The number of hydrazine groups is 1. The van der Waals surface area contributed by atoms with Gasteiger partial charge < -0.3 is 4.42 Å². The predicted molar refractivity (Wildman–Crippen MR) is 63.9 cm³/mol. The fraction of sp³-hybridized carbons (Fsp3) is 0.167. The van der Waals surface area contributed by atoms with Gasteiger partial charge in [0.15, 0.2) is 0 Å². The van der Waals surface area contributed by atoms with Gasteiger partial charge in [-0.1, -0.05) is 23.7 Å². The molecule has 0 spiro atoms. The van der Waals surface area contributed by atoms with Crippen molar-refractivity contribution in [3.63, 3.8) is 0 Å². The number of hydrogen-bond acceptors (Lipinski definition) is 3. The van der Waals surface area contributed by atoms with Crippen molar-refractivity contribution in [1.82, 2.24) is 5.43 Å². The summed E-state index contributed by atoms with van der Waals surface area (Å²) in [6.07, 6.45) is 2.41. The summed E-state index contributed by atoms with van der Waals surface area (Å²) in [7, 11) is 0. The molecule has 84 valence electrons. The minimum absolute atomic E-state index is 0.0174. The van der Waals surface area contributed by atoms with E-state index in [1.54, 1.807) is 6.26 Å². The van der Waals surface area contributed by atoms with E-state index in [4.69, 9.17) is 21.9 Å². The third kappa shape index (κ3) is 2.64. The summed E-state index contributed by atoms with van der Waals surface area (Å²) in [6, 6.07) is 11.4. The molecule has 3 nitrogen and oxygen atoms in total. The number of nitrogens with one attached hydrogen (secondary N) is 1. The molecule has 0 radical (unpaired) electrons. The molecule has 1 aromatic heterocycles. The second-order valence-corrected chi connectivity index (χ2v) is 4.00. The van der Waals surface area contributed by atoms with E-state index >= 15 is 0 Å². The summed E-state index contributed by atoms with van der Waals surface area (Å²) in [5.74, 6) is 6.34. The van der Waals surface area contributed by atoms with Gasteiger partial charge in [-0.05, 0) is 36.2 Å². The van der Waals surface area contributed by atoms with Crippen molar-refractivity contribution in [2.75, 3.05) is 0 Å². The molecule has 1 unspecified atom stereocenters. The molecule has 0 saturated heterocycles. The Bertz CT molecular complexity index is 425. The zero-order chi connectivity index (χ0) is 11.4. The third-order valence-corrected chi connectivity index (χ3v) is 2.69. The lowest BCUT2D eigenvalue weighted by Crippen LogP contribution is -2.29. The lowest BCUT2D eigenvalue weighted by molar-refractivity contribution is 0.416. The van der Waals surface area contributed by atoms with Gasteiger partial charge in [0.2, 0.25) is 0 Å². The fourth-order valence-electron chi connectivity index (χ4n) is 1.59. The van der Waals surface area contributed by atoms with Gasteiger partial charge in [0, 0.05) is 5.02 Å². The molecule has 0 saturated carbocycles. The van der Waals surface area contributed by atoms with Crippen LogP contribution in [0.1, 0.15) is 17.4 Å². The molecule has 0 bridgehead atoms. The van der Waals surface area contributed by atoms with Crippen LogP contribution >= 0.6 is 11.6 Å². The van der Waals surface area contributed by atoms with Crippen LogP contribution in [-0.2, 0) is 6.42 Å². The molecule has 4 heteroatoms. The topological polar surface area (TPSA) is 51.2 Å². The molecule has 0 fully saturated rings. The maximum Gasteiger partial charge on any atom is 0.122 e. The molecule has 0 aliphatic rings. The smallest absolute Gasteiger partial charge is 0.122 e. The highest BCUT2D eigenvalue weighted by Gasteiger charge is 2.12. The minimum atomic E-state index is -0.0174. The summed E-state index contributed by atoms with van der Waals surface area (Å²) in [5, 5.41) is 0.735. The number of hydrogen-bond donors (Lipinski definition) is 2. The lowest BCUT2D eigenvalue weighted by Gasteiger charge is -2.13. The van der Waals surface area contributed by atoms with E-state index in [1.807, 2.05) is 36.4 Å². The average Bonchev–Trinajstić information content (AvgIpc) is 2.82. The molecule has 0 aliphatic carbocycles. The highest BCUT2D eigenvalue weighted by molar-refractivity contribution is 6.30. The van der Waals surface area contributed by atoms with E-state index in [0.29, 0.717) is 0 Å². The number of benzene rings is 1. The second kappa shape index (κ2) is 5.16. The normalized spacial score (nSPS) is 12.6. The third-order valence-electron chi connectivity index (χ3n) is 2.44. The molecule has 2 rings (SSSR count). The van der Waals surface area contributed by atoms with E-state index in [9.17, 15) is 0 Å². The van der Waals surface area contributed by atoms with Crippen LogP contribution in [-0.4, -0.2) is 0 Å². The zero-order valence-electron chi connectivity index (χ0n) is 8.69. The maximum atomic E-state index is 5.82. The van der Waals surface area contributed by atoms with E-state index in [1.165, 1.54) is 0 Å². The summed E-state index contributed by atoms with van der Waals surface area (Å²) in [6.45, 7) is 0. The largest absolute Gasteiger partial charge is 0.468 e. The monoisotopic (exact) mass is 236 g/mol. The molecular formula is C12H13ClN2O. The van der Waals surface area contributed by atoms with E-state index < -0.39 is 0 Å². The van der Waals surface area contributed by atoms with Gasteiger partial charge >= 0.3 is 0 Å². The first-order chi connectivity index (χ1) is 7.79. The van der Waals surface area contributed by atoms with Crippen LogP contribution in [0.15, 0.2) is 47.1 Å². The first-order valence-corrected chi connectivity index (χ1v) is 5.41. The Balaban J connectivity index is 2.10. The van der Waals surface area contributed by atoms with Crippen LogP contribution in [0.5, 0.6) is 0 Å². The van der Waals surface area contributed by atoms with Crippen molar-refractivity contribution in [2.24, 2.45) is 5.84 Å². The predicted octanol–water partition coefficient (Wildman–Crippen LogP) is 2.68. The number of rotatable bonds is 4. The van der Waals surface area contributed by atoms with Gasteiger partial charge in [-0.2, -0.15) is 0 Å².